The van der Waals surface area contributed by atoms with Crippen LogP contribution >= 0.6 is 0 Å². The van der Waals surface area contributed by atoms with Crippen molar-refractivity contribution >= 4 is 11.7 Å². The number of aromatic nitrogens is 1. The number of nitrogens with zero attached hydrogens (tertiary/aromatic N) is 2. The molecule has 2 heterocycles. The summed E-state index contributed by atoms with van der Waals surface area (Å²) in [5, 5.41) is 3.04. The Balaban J connectivity index is 1.53. The van der Waals surface area contributed by atoms with Gasteiger partial charge >= 0.3 is 0 Å². The zero-order valence-corrected chi connectivity index (χ0v) is 15.6. The molecule has 1 aromatic carbocycles. The second kappa shape index (κ2) is 9.97. The highest BCUT2D eigenvalue weighted by Gasteiger charge is 2.22. The molecule has 27 heavy (non-hydrogen) atoms. The maximum atomic E-state index is 12.3. The van der Waals surface area contributed by atoms with Crippen LogP contribution in [0.2, 0.25) is 0 Å². The van der Waals surface area contributed by atoms with Crippen LogP contribution in [0, 0.1) is 0 Å². The first-order valence-corrected chi connectivity index (χ1v) is 9.73. The van der Waals surface area contributed by atoms with Crippen molar-refractivity contribution in [3.63, 3.8) is 0 Å². The molecule has 1 aromatic heterocycles. The molecule has 1 fully saturated rings. The van der Waals surface area contributed by atoms with E-state index >= 15 is 0 Å². The van der Waals surface area contributed by atoms with E-state index in [2.05, 4.69) is 27.3 Å². The first-order chi connectivity index (χ1) is 13.2. The molecule has 1 aliphatic heterocycles. The Labute approximate surface area is 160 Å². The molecule has 0 aliphatic carbocycles. The van der Waals surface area contributed by atoms with Gasteiger partial charge in [0.05, 0.1) is 6.04 Å². The summed E-state index contributed by atoms with van der Waals surface area (Å²) in [5.74, 6) is -0.126. The first-order valence-electron chi connectivity index (χ1n) is 9.73. The Morgan fingerprint density at radius 3 is 2.48 bits per heavy atom. The van der Waals surface area contributed by atoms with Crippen molar-refractivity contribution < 1.29 is 9.59 Å². The number of benzene rings is 1. The Hall–Kier alpha value is -2.53. The van der Waals surface area contributed by atoms with Crippen LogP contribution < -0.4 is 5.32 Å². The molecule has 1 atom stereocenters. The van der Waals surface area contributed by atoms with Gasteiger partial charge < -0.3 is 5.32 Å². The van der Waals surface area contributed by atoms with Gasteiger partial charge in [-0.05, 0) is 43.6 Å². The molecule has 1 saturated heterocycles. The van der Waals surface area contributed by atoms with E-state index in [-0.39, 0.29) is 30.6 Å². The SMILES string of the molecule is O=C(CCC(=O)c1cccnc1)NCC(c1ccccc1)N1CCCCC1. The van der Waals surface area contributed by atoms with Crippen LogP contribution in [-0.4, -0.2) is 41.2 Å². The predicted molar refractivity (Wildman–Crippen MR) is 105 cm³/mol. The Morgan fingerprint density at radius 1 is 1.00 bits per heavy atom. The summed E-state index contributed by atoms with van der Waals surface area (Å²) in [6.45, 7) is 2.70. The summed E-state index contributed by atoms with van der Waals surface area (Å²) >= 11 is 0. The third-order valence-corrected chi connectivity index (χ3v) is 5.07. The first kappa shape index (κ1) is 19.2. The molecule has 1 aliphatic rings. The normalized spacial score (nSPS) is 15.9. The van der Waals surface area contributed by atoms with Gasteiger partial charge in [0.15, 0.2) is 5.78 Å². The van der Waals surface area contributed by atoms with Crippen LogP contribution in [0.25, 0.3) is 0 Å². The highest BCUT2D eigenvalue weighted by molar-refractivity contribution is 5.97. The lowest BCUT2D eigenvalue weighted by Gasteiger charge is -2.35. The van der Waals surface area contributed by atoms with E-state index in [0.29, 0.717) is 12.1 Å². The third kappa shape index (κ3) is 5.73. The molecule has 1 amide bonds. The second-order valence-electron chi connectivity index (χ2n) is 6.99. The highest BCUT2D eigenvalue weighted by Crippen LogP contribution is 2.24. The van der Waals surface area contributed by atoms with E-state index in [1.54, 1.807) is 24.5 Å². The molecule has 3 rings (SSSR count). The highest BCUT2D eigenvalue weighted by atomic mass is 16.2. The maximum Gasteiger partial charge on any atom is 0.220 e. The van der Waals surface area contributed by atoms with E-state index < -0.39 is 0 Å². The second-order valence-corrected chi connectivity index (χ2v) is 6.99. The predicted octanol–water partition coefficient (Wildman–Crippen LogP) is 3.39. The molecule has 5 nitrogen and oxygen atoms in total. The fraction of sp³-hybridized carbons (Fsp3) is 0.409. The van der Waals surface area contributed by atoms with E-state index in [1.165, 1.54) is 24.8 Å². The summed E-state index contributed by atoms with van der Waals surface area (Å²) in [7, 11) is 0. The van der Waals surface area contributed by atoms with Gasteiger partial charge in [0, 0.05) is 37.3 Å². The van der Waals surface area contributed by atoms with Crippen LogP contribution in [-0.2, 0) is 4.79 Å². The smallest absolute Gasteiger partial charge is 0.220 e. The number of carbonyl (C=O) groups excluding carboxylic acids is 2. The number of Topliss-reactive ketones (excluding diaryl/α,β-unsaturated/α-hetero) is 1. The van der Waals surface area contributed by atoms with Crippen molar-refractivity contribution in [3.8, 4) is 0 Å². The number of ketones is 1. The van der Waals surface area contributed by atoms with Gasteiger partial charge in [0.25, 0.3) is 0 Å². The fourth-order valence-corrected chi connectivity index (χ4v) is 3.56. The molecule has 2 aromatic rings. The molecule has 0 radical (unpaired) electrons. The van der Waals surface area contributed by atoms with Gasteiger partial charge in [-0.2, -0.15) is 0 Å². The number of nitrogens with one attached hydrogen (secondary N) is 1. The molecular weight excluding hydrogens is 338 g/mol. The van der Waals surface area contributed by atoms with Crippen molar-refractivity contribution in [1.29, 1.82) is 0 Å². The van der Waals surface area contributed by atoms with E-state index in [9.17, 15) is 9.59 Å². The van der Waals surface area contributed by atoms with Gasteiger partial charge in [-0.15, -0.1) is 0 Å². The fourth-order valence-electron chi connectivity index (χ4n) is 3.56. The minimum absolute atomic E-state index is 0.0473. The molecule has 0 spiro atoms. The van der Waals surface area contributed by atoms with E-state index in [4.69, 9.17) is 0 Å². The standard InChI is InChI=1S/C22H27N3O2/c26-21(19-10-7-13-23-16-19)11-12-22(27)24-17-20(18-8-3-1-4-9-18)25-14-5-2-6-15-25/h1,3-4,7-10,13,16,20H,2,5-6,11-12,14-15,17H2,(H,24,27). The molecule has 5 heteroatoms. The molecule has 0 saturated carbocycles. The topological polar surface area (TPSA) is 62.3 Å². The summed E-state index contributed by atoms with van der Waals surface area (Å²) in [6.07, 6.45) is 7.27. The van der Waals surface area contributed by atoms with Crippen molar-refractivity contribution in [2.75, 3.05) is 19.6 Å². The number of likely N-dealkylation sites (tertiary alicyclic amines) is 1. The van der Waals surface area contributed by atoms with Crippen LogP contribution in [0.5, 0.6) is 0 Å². The number of amides is 1. The van der Waals surface area contributed by atoms with Crippen molar-refractivity contribution in [2.24, 2.45) is 0 Å². The molecule has 0 bridgehead atoms. The maximum absolute atomic E-state index is 12.3. The number of rotatable bonds is 8. The summed E-state index contributed by atoms with van der Waals surface area (Å²) in [4.78, 5) is 30.8. The molecule has 1 unspecified atom stereocenters. The Morgan fingerprint density at radius 2 is 1.78 bits per heavy atom. The summed E-state index contributed by atoms with van der Waals surface area (Å²) < 4.78 is 0. The number of piperidine rings is 1. The van der Waals surface area contributed by atoms with Crippen molar-refractivity contribution in [2.45, 2.75) is 38.1 Å². The average Bonchev–Trinajstić information content (AvgIpc) is 2.74. The number of hydrogen-bond donors (Lipinski definition) is 1. The van der Waals surface area contributed by atoms with Gasteiger partial charge in [-0.3, -0.25) is 19.5 Å². The monoisotopic (exact) mass is 365 g/mol. The van der Waals surface area contributed by atoms with Gasteiger partial charge in [0.1, 0.15) is 0 Å². The van der Waals surface area contributed by atoms with Gasteiger partial charge in [0.2, 0.25) is 5.91 Å². The van der Waals surface area contributed by atoms with E-state index in [1.807, 2.05) is 18.2 Å². The van der Waals surface area contributed by atoms with E-state index in [0.717, 1.165) is 13.1 Å². The minimum atomic E-state index is -0.0785. The molecule has 142 valence electrons. The van der Waals surface area contributed by atoms with Crippen molar-refractivity contribution in [3.05, 3.63) is 66.0 Å². The largest absolute Gasteiger partial charge is 0.354 e. The van der Waals surface area contributed by atoms with Crippen LogP contribution in [0.3, 0.4) is 0 Å². The lowest BCUT2D eigenvalue weighted by atomic mass is 10.0. The zero-order chi connectivity index (χ0) is 18.9. The van der Waals surface area contributed by atoms with Crippen LogP contribution in [0.15, 0.2) is 54.9 Å². The summed E-state index contributed by atoms with van der Waals surface area (Å²) in [5.41, 5.74) is 1.78. The number of hydrogen-bond acceptors (Lipinski definition) is 4. The lowest BCUT2D eigenvalue weighted by molar-refractivity contribution is -0.121. The Bertz CT molecular complexity index is 728. The molecular formula is C22H27N3O2. The van der Waals surface area contributed by atoms with Gasteiger partial charge in [-0.25, -0.2) is 0 Å². The minimum Gasteiger partial charge on any atom is -0.354 e. The number of pyridine rings is 1. The lowest BCUT2D eigenvalue weighted by Crippen LogP contribution is -2.40. The quantitative estimate of drug-likeness (QED) is 0.729. The van der Waals surface area contributed by atoms with Crippen molar-refractivity contribution in [1.82, 2.24) is 15.2 Å². The molecule has 1 N–H and O–H groups in total. The van der Waals surface area contributed by atoms with Crippen LogP contribution in [0.1, 0.15) is 54.1 Å². The average molecular weight is 365 g/mol. The third-order valence-electron chi connectivity index (χ3n) is 5.07. The van der Waals surface area contributed by atoms with Crippen LogP contribution in [0.4, 0.5) is 0 Å². The zero-order valence-electron chi connectivity index (χ0n) is 15.6. The van der Waals surface area contributed by atoms with Gasteiger partial charge in [-0.1, -0.05) is 36.8 Å². The number of carbonyl (C=O) groups is 2. The summed E-state index contributed by atoms with van der Waals surface area (Å²) in [6, 6.07) is 14.0. The Kier molecular flexibility index (Phi) is 7.11.